The molecule has 0 aliphatic heterocycles. The second-order valence-corrected chi connectivity index (χ2v) is 6.23. The lowest BCUT2D eigenvalue weighted by Crippen LogP contribution is -2.18. The van der Waals surface area contributed by atoms with Crippen LogP contribution in [0.1, 0.15) is 27.6 Å². The second-order valence-electron chi connectivity index (χ2n) is 4.91. The minimum Gasteiger partial charge on any atom is -0.462 e. The Kier molecular flexibility index (Phi) is 6.27. The maximum atomic E-state index is 14.3. The topological polar surface area (TPSA) is 98.5 Å². The van der Waals surface area contributed by atoms with Crippen LogP contribution in [0.2, 0.25) is 5.02 Å². The average Bonchev–Trinajstić information content (AvgIpc) is 2.57. The van der Waals surface area contributed by atoms with Gasteiger partial charge in [-0.3, -0.25) is 14.9 Å². The Morgan fingerprint density at radius 3 is 2.62 bits per heavy atom. The van der Waals surface area contributed by atoms with Crippen molar-refractivity contribution in [2.75, 3.05) is 11.9 Å². The van der Waals surface area contributed by atoms with Gasteiger partial charge in [-0.05, 0) is 25.1 Å². The molecule has 26 heavy (non-hydrogen) atoms. The third-order valence-electron chi connectivity index (χ3n) is 3.19. The highest BCUT2D eigenvalue weighted by Crippen LogP contribution is 2.28. The fraction of sp³-hybridized carbons (Fsp3) is 0.125. The summed E-state index contributed by atoms with van der Waals surface area (Å²) in [5, 5.41) is 13.0. The number of halogens is 3. The lowest BCUT2D eigenvalue weighted by molar-refractivity contribution is -0.384. The number of rotatable bonds is 5. The molecule has 0 unspecified atom stereocenters. The van der Waals surface area contributed by atoms with Crippen LogP contribution in [-0.2, 0) is 4.74 Å². The SMILES string of the molecule is CCOC(=O)c1cc(Br)cc(F)c1NC(=O)c1cc([N+](=O)[O-])ccc1Cl. The summed E-state index contributed by atoms with van der Waals surface area (Å²) >= 11 is 8.96. The molecule has 0 saturated heterocycles. The predicted octanol–water partition coefficient (Wildman–Crippen LogP) is 4.58. The van der Waals surface area contributed by atoms with E-state index in [9.17, 15) is 24.1 Å². The van der Waals surface area contributed by atoms with Gasteiger partial charge >= 0.3 is 5.97 Å². The van der Waals surface area contributed by atoms with Gasteiger partial charge in [0.25, 0.3) is 11.6 Å². The number of nitrogens with zero attached hydrogens (tertiary/aromatic N) is 1. The molecule has 2 aromatic rings. The number of carbonyl (C=O) groups excluding carboxylic acids is 2. The molecule has 10 heteroatoms. The van der Waals surface area contributed by atoms with Gasteiger partial charge < -0.3 is 10.1 Å². The number of benzene rings is 2. The van der Waals surface area contributed by atoms with Crippen LogP contribution >= 0.6 is 27.5 Å². The molecule has 1 N–H and O–H groups in total. The van der Waals surface area contributed by atoms with Crippen LogP contribution in [-0.4, -0.2) is 23.4 Å². The smallest absolute Gasteiger partial charge is 0.340 e. The van der Waals surface area contributed by atoms with Crippen LogP contribution in [0.5, 0.6) is 0 Å². The summed E-state index contributed by atoms with van der Waals surface area (Å²) in [5.74, 6) is -2.64. The van der Waals surface area contributed by atoms with Crippen molar-refractivity contribution in [3.05, 3.63) is 66.9 Å². The van der Waals surface area contributed by atoms with Crippen molar-refractivity contribution >= 4 is 50.8 Å². The molecule has 2 rings (SSSR count). The number of anilines is 1. The average molecular weight is 446 g/mol. The maximum absolute atomic E-state index is 14.3. The third-order valence-corrected chi connectivity index (χ3v) is 3.98. The van der Waals surface area contributed by atoms with Crippen LogP contribution in [0.3, 0.4) is 0 Å². The third kappa shape index (κ3) is 4.36. The Bertz CT molecular complexity index is 906. The number of non-ortho nitro benzene ring substituents is 1. The number of nitro groups is 1. The number of carbonyl (C=O) groups is 2. The first-order chi connectivity index (χ1) is 12.2. The van der Waals surface area contributed by atoms with E-state index in [0.717, 1.165) is 18.2 Å². The van der Waals surface area contributed by atoms with Crippen LogP contribution < -0.4 is 5.32 Å². The molecule has 0 bridgehead atoms. The standard InChI is InChI=1S/C16H11BrClFN2O5/c1-2-26-16(23)11-5-8(17)6-13(19)14(11)20-15(22)10-7-9(21(24)25)3-4-12(10)18/h3-7H,2H2,1H3,(H,20,22). The highest BCUT2D eigenvalue weighted by Gasteiger charge is 2.22. The Hall–Kier alpha value is -2.52. The summed E-state index contributed by atoms with van der Waals surface area (Å²) in [4.78, 5) is 34.6. The van der Waals surface area contributed by atoms with Crippen LogP contribution in [0.25, 0.3) is 0 Å². The first-order valence-corrected chi connectivity index (χ1v) is 8.33. The van der Waals surface area contributed by atoms with E-state index in [0.29, 0.717) is 0 Å². The van der Waals surface area contributed by atoms with E-state index < -0.39 is 28.3 Å². The molecule has 0 heterocycles. The molecule has 136 valence electrons. The van der Waals surface area contributed by atoms with E-state index in [-0.39, 0.29) is 32.9 Å². The van der Waals surface area contributed by atoms with Gasteiger partial charge in [-0.25, -0.2) is 9.18 Å². The number of nitrogens with one attached hydrogen (secondary N) is 1. The molecule has 7 nitrogen and oxygen atoms in total. The van der Waals surface area contributed by atoms with E-state index in [4.69, 9.17) is 16.3 Å². The number of hydrogen-bond acceptors (Lipinski definition) is 5. The lowest BCUT2D eigenvalue weighted by atomic mass is 10.1. The molecule has 0 atom stereocenters. The Morgan fingerprint density at radius 2 is 2.00 bits per heavy atom. The summed E-state index contributed by atoms with van der Waals surface area (Å²) < 4.78 is 19.4. The summed E-state index contributed by atoms with van der Waals surface area (Å²) in [6.45, 7) is 1.63. The first kappa shape index (κ1) is 19.8. The molecule has 0 spiro atoms. The molecule has 0 saturated carbocycles. The van der Waals surface area contributed by atoms with Crippen molar-refractivity contribution in [1.29, 1.82) is 0 Å². The van der Waals surface area contributed by atoms with Gasteiger partial charge in [0, 0.05) is 16.6 Å². The Labute approximate surface area is 160 Å². The van der Waals surface area contributed by atoms with Crippen molar-refractivity contribution in [2.45, 2.75) is 6.92 Å². The highest BCUT2D eigenvalue weighted by atomic mass is 79.9. The van der Waals surface area contributed by atoms with Crippen molar-refractivity contribution in [1.82, 2.24) is 0 Å². The van der Waals surface area contributed by atoms with Gasteiger partial charge in [-0.15, -0.1) is 0 Å². The number of amides is 1. The zero-order valence-electron chi connectivity index (χ0n) is 13.2. The highest BCUT2D eigenvalue weighted by molar-refractivity contribution is 9.10. The van der Waals surface area contributed by atoms with Gasteiger partial charge in [-0.2, -0.15) is 0 Å². The first-order valence-electron chi connectivity index (χ1n) is 7.16. The lowest BCUT2D eigenvalue weighted by Gasteiger charge is -2.13. The normalized spacial score (nSPS) is 10.3. The molecular weight excluding hydrogens is 435 g/mol. The number of esters is 1. The number of nitro benzene ring substituents is 1. The van der Waals surface area contributed by atoms with E-state index in [1.807, 2.05) is 0 Å². The minimum atomic E-state index is -0.912. The fourth-order valence-corrected chi connectivity index (χ4v) is 2.69. The maximum Gasteiger partial charge on any atom is 0.340 e. The van der Waals surface area contributed by atoms with Crippen LogP contribution in [0.15, 0.2) is 34.8 Å². The second kappa shape index (κ2) is 8.24. The van der Waals surface area contributed by atoms with Gasteiger partial charge in [0.1, 0.15) is 5.82 Å². The molecular formula is C16H11BrClFN2O5. The fourth-order valence-electron chi connectivity index (χ4n) is 2.05. The predicted molar refractivity (Wildman–Crippen MR) is 96.1 cm³/mol. The molecule has 1 amide bonds. The summed E-state index contributed by atoms with van der Waals surface area (Å²) in [5.41, 5.74) is -1.23. The van der Waals surface area contributed by atoms with E-state index in [1.165, 1.54) is 12.1 Å². The van der Waals surface area contributed by atoms with Crippen molar-refractivity contribution in [3.63, 3.8) is 0 Å². The van der Waals surface area contributed by atoms with Crippen molar-refractivity contribution in [3.8, 4) is 0 Å². The minimum absolute atomic E-state index is 0.0526. The monoisotopic (exact) mass is 444 g/mol. The van der Waals surface area contributed by atoms with E-state index in [2.05, 4.69) is 21.2 Å². The van der Waals surface area contributed by atoms with Crippen LogP contribution in [0.4, 0.5) is 15.8 Å². The van der Waals surface area contributed by atoms with E-state index in [1.54, 1.807) is 6.92 Å². The number of hydrogen-bond donors (Lipinski definition) is 1. The summed E-state index contributed by atoms with van der Waals surface area (Å²) in [6.07, 6.45) is 0. The van der Waals surface area contributed by atoms with Crippen molar-refractivity contribution < 1.29 is 23.6 Å². The molecule has 0 radical (unpaired) electrons. The number of ether oxygens (including phenoxy) is 1. The van der Waals surface area contributed by atoms with Gasteiger partial charge in [0.15, 0.2) is 0 Å². The van der Waals surface area contributed by atoms with Crippen LogP contribution in [0, 0.1) is 15.9 Å². The van der Waals surface area contributed by atoms with Crippen molar-refractivity contribution in [2.24, 2.45) is 0 Å². The quantitative estimate of drug-likeness (QED) is 0.413. The van der Waals surface area contributed by atoms with Gasteiger partial charge in [0.05, 0.1) is 33.4 Å². The molecule has 0 aromatic heterocycles. The zero-order chi connectivity index (χ0) is 19.4. The van der Waals surface area contributed by atoms with Gasteiger partial charge in [-0.1, -0.05) is 27.5 Å². The largest absolute Gasteiger partial charge is 0.462 e. The Morgan fingerprint density at radius 1 is 1.31 bits per heavy atom. The molecule has 0 fully saturated rings. The molecule has 0 aliphatic rings. The Balaban J connectivity index is 2.45. The van der Waals surface area contributed by atoms with E-state index >= 15 is 0 Å². The van der Waals surface area contributed by atoms with Gasteiger partial charge in [0.2, 0.25) is 0 Å². The summed E-state index contributed by atoms with van der Waals surface area (Å²) in [6, 6.07) is 5.60. The zero-order valence-corrected chi connectivity index (χ0v) is 15.6. The summed E-state index contributed by atoms with van der Waals surface area (Å²) in [7, 11) is 0. The molecule has 2 aromatic carbocycles. The molecule has 0 aliphatic carbocycles.